The highest BCUT2D eigenvalue weighted by Gasteiger charge is 2.18. The standard InChI is InChI=1S/C17H16ClFN2O2/c18-13-3-1-2-12(8-13)9-15(17(20)23)21-16(22)10-11-4-6-14(19)7-5-11/h1-8,15H,9-10H2,(H2,20,23)(H,21,22)/t15-/m1/s1. The largest absolute Gasteiger partial charge is 0.368 e. The van der Waals surface area contributed by atoms with E-state index in [0.29, 0.717) is 10.6 Å². The summed E-state index contributed by atoms with van der Waals surface area (Å²) in [7, 11) is 0. The van der Waals surface area contributed by atoms with E-state index in [2.05, 4.69) is 5.32 Å². The number of hydrogen-bond donors (Lipinski definition) is 2. The molecule has 0 aliphatic heterocycles. The van der Waals surface area contributed by atoms with E-state index in [0.717, 1.165) is 5.56 Å². The number of carbonyl (C=O) groups is 2. The highest BCUT2D eigenvalue weighted by Crippen LogP contribution is 2.12. The molecule has 120 valence electrons. The Bertz CT molecular complexity index is 704. The highest BCUT2D eigenvalue weighted by molar-refractivity contribution is 6.30. The first-order chi connectivity index (χ1) is 10.9. The van der Waals surface area contributed by atoms with E-state index in [1.807, 2.05) is 0 Å². The minimum Gasteiger partial charge on any atom is -0.368 e. The molecule has 2 rings (SSSR count). The van der Waals surface area contributed by atoms with Crippen molar-refractivity contribution in [2.24, 2.45) is 5.73 Å². The SMILES string of the molecule is NC(=O)[C@@H](Cc1cccc(Cl)c1)NC(=O)Cc1ccc(F)cc1. The number of amides is 2. The first kappa shape index (κ1) is 17.0. The lowest BCUT2D eigenvalue weighted by Gasteiger charge is -2.16. The molecular weight excluding hydrogens is 319 g/mol. The Morgan fingerprint density at radius 2 is 1.83 bits per heavy atom. The maximum atomic E-state index is 12.8. The number of benzene rings is 2. The monoisotopic (exact) mass is 334 g/mol. The van der Waals surface area contributed by atoms with Crippen LogP contribution < -0.4 is 11.1 Å². The number of nitrogens with one attached hydrogen (secondary N) is 1. The van der Waals surface area contributed by atoms with Gasteiger partial charge in [-0.05, 0) is 35.4 Å². The summed E-state index contributed by atoms with van der Waals surface area (Å²) in [6.45, 7) is 0. The predicted molar refractivity (Wildman–Crippen MR) is 86.4 cm³/mol. The summed E-state index contributed by atoms with van der Waals surface area (Å²) in [4.78, 5) is 23.6. The fourth-order valence-electron chi connectivity index (χ4n) is 2.16. The lowest BCUT2D eigenvalue weighted by molar-refractivity contribution is -0.127. The molecule has 0 aliphatic carbocycles. The van der Waals surface area contributed by atoms with E-state index in [1.165, 1.54) is 24.3 Å². The molecule has 0 spiro atoms. The molecule has 23 heavy (non-hydrogen) atoms. The molecule has 1 atom stereocenters. The molecule has 2 aromatic rings. The average molecular weight is 335 g/mol. The summed E-state index contributed by atoms with van der Waals surface area (Å²) in [5.74, 6) is -1.36. The molecule has 0 saturated heterocycles. The van der Waals surface area contributed by atoms with E-state index < -0.39 is 11.9 Å². The number of hydrogen-bond acceptors (Lipinski definition) is 2. The Morgan fingerprint density at radius 3 is 2.43 bits per heavy atom. The van der Waals surface area contributed by atoms with Gasteiger partial charge in [-0.3, -0.25) is 9.59 Å². The Labute approximate surface area is 138 Å². The molecule has 0 unspecified atom stereocenters. The third-order valence-corrected chi connectivity index (χ3v) is 3.52. The normalized spacial score (nSPS) is 11.7. The zero-order valence-electron chi connectivity index (χ0n) is 12.3. The summed E-state index contributed by atoms with van der Waals surface area (Å²) in [5.41, 5.74) is 6.79. The predicted octanol–water partition coefficient (Wildman–Crippen LogP) is 2.23. The number of carbonyl (C=O) groups excluding carboxylic acids is 2. The van der Waals surface area contributed by atoms with E-state index in [-0.39, 0.29) is 24.6 Å². The van der Waals surface area contributed by atoms with E-state index in [9.17, 15) is 14.0 Å². The lowest BCUT2D eigenvalue weighted by atomic mass is 10.0. The van der Waals surface area contributed by atoms with Gasteiger partial charge < -0.3 is 11.1 Å². The molecule has 0 fully saturated rings. The van der Waals surface area contributed by atoms with Crippen molar-refractivity contribution in [3.8, 4) is 0 Å². The topological polar surface area (TPSA) is 72.2 Å². The zero-order chi connectivity index (χ0) is 16.8. The van der Waals surface area contributed by atoms with Crippen molar-refractivity contribution in [3.05, 3.63) is 70.5 Å². The van der Waals surface area contributed by atoms with Crippen LogP contribution in [0.4, 0.5) is 4.39 Å². The molecule has 0 aliphatic rings. The quantitative estimate of drug-likeness (QED) is 0.850. The van der Waals surface area contributed by atoms with Crippen LogP contribution in [0, 0.1) is 5.82 Å². The third kappa shape index (κ3) is 5.38. The molecule has 0 bridgehead atoms. The minimum atomic E-state index is -0.832. The van der Waals surface area contributed by atoms with Crippen LogP contribution in [0.3, 0.4) is 0 Å². The smallest absolute Gasteiger partial charge is 0.240 e. The molecule has 2 amide bonds. The van der Waals surface area contributed by atoms with Crippen LogP contribution in [0.2, 0.25) is 5.02 Å². The van der Waals surface area contributed by atoms with Crippen molar-refractivity contribution in [1.82, 2.24) is 5.32 Å². The molecule has 3 N–H and O–H groups in total. The highest BCUT2D eigenvalue weighted by atomic mass is 35.5. The van der Waals surface area contributed by atoms with Crippen molar-refractivity contribution >= 4 is 23.4 Å². The molecule has 2 aromatic carbocycles. The summed E-state index contributed by atoms with van der Waals surface area (Å²) in [6.07, 6.45) is 0.296. The molecular formula is C17H16ClFN2O2. The van der Waals surface area contributed by atoms with Crippen LogP contribution in [0.5, 0.6) is 0 Å². The Morgan fingerprint density at radius 1 is 1.13 bits per heavy atom. The van der Waals surface area contributed by atoms with Gasteiger partial charge in [0, 0.05) is 11.4 Å². The van der Waals surface area contributed by atoms with Gasteiger partial charge in [0.05, 0.1) is 6.42 Å². The van der Waals surface area contributed by atoms with Crippen molar-refractivity contribution in [2.45, 2.75) is 18.9 Å². The van der Waals surface area contributed by atoms with Gasteiger partial charge in [-0.1, -0.05) is 35.9 Å². The first-order valence-electron chi connectivity index (χ1n) is 7.01. The van der Waals surface area contributed by atoms with Crippen LogP contribution in [0.15, 0.2) is 48.5 Å². The summed E-state index contributed by atoms with van der Waals surface area (Å²) in [5, 5.41) is 3.14. The van der Waals surface area contributed by atoms with Gasteiger partial charge in [-0.15, -0.1) is 0 Å². The van der Waals surface area contributed by atoms with Gasteiger partial charge in [-0.2, -0.15) is 0 Å². The third-order valence-electron chi connectivity index (χ3n) is 3.29. The van der Waals surface area contributed by atoms with Crippen molar-refractivity contribution in [2.75, 3.05) is 0 Å². The van der Waals surface area contributed by atoms with Crippen molar-refractivity contribution in [1.29, 1.82) is 0 Å². The Kier molecular flexibility index (Phi) is 5.71. The minimum absolute atomic E-state index is 0.0413. The Balaban J connectivity index is 1.99. The first-order valence-corrected chi connectivity index (χ1v) is 7.39. The molecule has 0 saturated carbocycles. The second kappa shape index (κ2) is 7.74. The van der Waals surface area contributed by atoms with Gasteiger partial charge in [0.1, 0.15) is 11.9 Å². The number of primary amides is 1. The fourth-order valence-corrected chi connectivity index (χ4v) is 2.37. The maximum absolute atomic E-state index is 12.8. The molecule has 0 radical (unpaired) electrons. The van der Waals surface area contributed by atoms with Crippen LogP contribution in [-0.4, -0.2) is 17.9 Å². The Hall–Kier alpha value is -2.40. The second-order valence-electron chi connectivity index (χ2n) is 5.16. The summed E-state index contributed by atoms with van der Waals surface area (Å²) >= 11 is 5.90. The maximum Gasteiger partial charge on any atom is 0.240 e. The van der Waals surface area contributed by atoms with Crippen LogP contribution in [-0.2, 0) is 22.4 Å². The number of halogens is 2. The van der Waals surface area contributed by atoms with Gasteiger partial charge >= 0.3 is 0 Å². The van der Waals surface area contributed by atoms with Crippen molar-refractivity contribution in [3.63, 3.8) is 0 Å². The molecule has 0 aromatic heterocycles. The second-order valence-corrected chi connectivity index (χ2v) is 5.60. The summed E-state index contributed by atoms with van der Waals surface area (Å²) in [6, 6.07) is 11.8. The van der Waals surface area contributed by atoms with E-state index in [4.69, 9.17) is 17.3 Å². The van der Waals surface area contributed by atoms with Crippen molar-refractivity contribution < 1.29 is 14.0 Å². The van der Waals surface area contributed by atoms with Gasteiger partial charge in [0.25, 0.3) is 0 Å². The van der Waals surface area contributed by atoms with E-state index in [1.54, 1.807) is 24.3 Å². The average Bonchev–Trinajstić information content (AvgIpc) is 2.49. The van der Waals surface area contributed by atoms with Gasteiger partial charge in [0.15, 0.2) is 0 Å². The lowest BCUT2D eigenvalue weighted by Crippen LogP contribution is -2.46. The summed E-state index contributed by atoms with van der Waals surface area (Å²) < 4.78 is 12.8. The molecule has 0 heterocycles. The molecule has 6 heteroatoms. The number of rotatable bonds is 6. The molecule has 4 nitrogen and oxygen atoms in total. The van der Waals surface area contributed by atoms with Crippen LogP contribution in [0.1, 0.15) is 11.1 Å². The van der Waals surface area contributed by atoms with Crippen LogP contribution >= 0.6 is 11.6 Å². The van der Waals surface area contributed by atoms with Gasteiger partial charge in [-0.25, -0.2) is 4.39 Å². The number of nitrogens with two attached hydrogens (primary N) is 1. The fraction of sp³-hybridized carbons (Fsp3) is 0.176. The zero-order valence-corrected chi connectivity index (χ0v) is 13.0. The van der Waals surface area contributed by atoms with Gasteiger partial charge in [0.2, 0.25) is 11.8 Å². The van der Waals surface area contributed by atoms with Crippen LogP contribution in [0.25, 0.3) is 0 Å². The van der Waals surface area contributed by atoms with E-state index >= 15 is 0 Å².